The number of ether oxygens (including phenoxy) is 2. The summed E-state index contributed by atoms with van der Waals surface area (Å²) in [5.41, 5.74) is 0.868. The Morgan fingerprint density at radius 3 is 2.34 bits per heavy atom. The first-order valence-corrected chi connectivity index (χ1v) is 14.9. The van der Waals surface area contributed by atoms with Gasteiger partial charge in [0.25, 0.3) is 0 Å². The van der Waals surface area contributed by atoms with Crippen molar-refractivity contribution < 1.29 is 35.8 Å². The van der Waals surface area contributed by atoms with Crippen molar-refractivity contribution in [1.29, 1.82) is 0 Å². The molecule has 0 bridgehead atoms. The maximum atomic E-state index is 15.4. The van der Waals surface area contributed by atoms with Crippen LogP contribution in [-0.2, 0) is 6.42 Å². The minimum atomic E-state index is -5.05. The first-order chi connectivity index (χ1) is 19.5. The summed E-state index contributed by atoms with van der Waals surface area (Å²) in [6.07, 6.45) is 0.331. The third kappa shape index (κ3) is 6.83. The van der Waals surface area contributed by atoms with E-state index in [1.165, 1.54) is 23.1 Å². The second-order valence-electron chi connectivity index (χ2n) is 10.4. The minimum absolute atomic E-state index is 0.0190. The number of alkyl halides is 3. The number of aryl methyl sites for hydroxylation is 1. The molecule has 1 aromatic heterocycles. The second-order valence-corrected chi connectivity index (χ2v) is 12.2. The van der Waals surface area contributed by atoms with Crippen molar-refractivity contribution in [3.05, 3.63) is 76.4 Å². The van der Waals surface area contributed by atoms with Gasteiger partial charge in [-0.15, -0.1) is 33.7 Å². The Labute approximate surface area is 240 Å². The van der Waals surface area contributed by atoms with Crippen molar-refractivity contribution >= 4 is 36.0 Å². The van der Waals surface area contributed by atoms with Crippen molar-refractivity contribution in [3.8, 4) is 22.6 Å². The summed E-state index contributed by atoms with van der Waals surface area (Å²) in [6, 6.07) is 12.2. The average Bonchev–Trinajstić information content (AvgIpc) is 3.33. The number of thiophene rings is 1. The Morgan fingerprint density at radius 1 is 0.927 bits per heavy atom. The fourth-order valence-electron chi connectivity index (χ4n) is 5.49. The standard InChI is InChI=1S/C31H29F6O2PS/c1-2-3-22-12-19-8-10-24(28(34)30(19)41-22)18-6-4-17(5-7-18)16-38-21-9-11-23(25(32)15-21)20-13-26(33)29(27(40)14-20)39-31(35,36)37/h8-15,17-18H,2-7,16,40H2,1H3. The number of hydrogen-bond acceptors (Lipinski definition) is 3. The van der Waals surface area contributed by atoms with Gasteiger partial charge in [-0.2, -0.15) is 0 Å². The SMILES string of the molecule is CCCc1cc2ccc(C3CCC(COc4ccc(-c5cc(F)c(OC(F)(F)F)c(P)c5)c(F)c4)CC3)c(F)c2s1. The summed E-state index contributed by atoms with van der Waals surface area (Å²) < 4.78 is 92.5. The highest BCUT2D eigenvalue weighted by atomic mass is 32.1. The molecule has 1 aliphatic rings. The molecule has 0 radical (unpaired) electrons. The van der Waals surface area contributed by atoms with E-state index in [0.29, 0.717) is 12.4 Å². The first-order valence-electron chi connectivity index (χ1n) is 13.5. The van der Waals surface area contributed by atoms with E-state index >= 15 is 4.39 Å². The molecule has 1 unspecified atom stereocenters. The molecule has 0 saturated heterocycles. The van der Waals surface area contributed by atoms with Crippen molar-refractivity contribution in [3.63, 3.8) is 0 Å². The van der Waals surface area contributed by atoms with Gasteiger partial charge < -0.3 is 9.47 Å². The summed E-state index contributed by atoms with van der Waals surface area (Å²) in [4.78, 5) is 1.21. The van der Waals surface area contributed by atoms with Gasteiger partial charge in [-0.25, -0.2) is 13.2 Å². The van der Waals surface area contributed by atoms with E-state index in [2.05, 4.69) is 17.7 Å². The molecule has 218 valence electrons. The largest absolute Gasteiger partial charge is 0.573 e. The van der Waals surface area contributed by atoms with E-state index in [9.17, 15) is 22.0 Å². The van der Waals surface area contributed by atoms with Crippen LogP contribution in [0.4, 0.5) is 26.3 Å². The molecule has 0 amide bonds. The van der Waals surface area contributed by atoms with E-state index in [0.717, 1.165) is 60.2 Å². The summed E-state index contributed by atoms with van der Waals surface area (Å²) >= 11 is 1.55. The summed E-state index contributed by atoms with van der Waals surface area (Å²) in [6.45, 7) is 2.50. The molecule has 1 aliphatic carbocycles. The van der Waals surface area contributed by atoms with Crippen molar-refractivity contribution in [2.75, 3.05) is 6.61 Å². The van der Waals surface area contributed by atoms with E-state index in [-0.39, 0.29) is 34.1 Å². The highest BCUT2D eigenvalue weighted by Crippen LogP contribution is 2.40. The normalized spacial score (nSPS) is 17.7. The van der Waals surface area contributed by atoms with E-state index in [1.54, 1.807) is 17.4 Å². The summed E-state index contributed by atoms with van der Waals surface area (Å²) in [5.74, 6) is -2.32. The molecule has 1 saturated carbocycles. The maximum absolute atomic E-state index is 15.4. The van der Waals surface area contributed by atoms with Crippen LogP contribution in [0.1, 0.15) is 55.4 Å². The van der Waals surface area contributed by atoms with Crippen LogP contribution in [0.15, 0.2) is 48.5 Å². The quantitative estimate of drug-likeness (QED) is 0.146. The molecule has 1 atom stereocenters. The monoisotopic (exact) mass is 610 g/mol. The lowest BCUT2D eigenvalue weighted by Gasteiger charge is -2.29. The van der Waals surface area contributed by atoms with Crippen LogP contribution < -0.4 is 14.8 Å². The molecule has 2 nitrogen and oxygen atoms in total. The molecule has 4 aromatic rings. The first kappa shape index (κ1) is 29.7. The Hall–Kier alpha value is -2.77. The van der Waals surface area contributed by atoms with E-state index in [4.69, 9.17) is 4.74 Å². The van der Waals surface area contributed by atoms with Crippen LogP contribution in [0.3, 0.4) is 0 Å². The zero-order chi connectivity index (χ0) is 29.3. The number of fused-ring (bicyclic) bond motifs is 1. The van der Waals surface area contributed by atoms with Crippen molar-refractivity contribution in [2.24, 2.45) is 5.92 Å². The Bertz CT molecular complexity index is 1520. The van der Waals surface area contributed by atoms with Crippen molar-refractivity contribution in [2.45, 2.75) is 57.7 Å². The molecule has 5 rings (SSSR count). The second kappa shape index (κ2) is 12.2. The van der Waals surface area contributed by atoms with Crippen LogP contribution in [-0.4, -0.2) is 13.0 Å². The highest BCUT2D eigenvalue weighted by Gasteiger charge is 2.33. The molecule has 10 heteroatoms. The van der Waals surface area contributed by atoms with Crippen LogP contribution >= 0.6 is 20.6 Å². The lowest BCUT2D eigenvalue weighted by molar-refractivity contribution is -0.275. The van der Waals surface area contributed by atoms with Gasteiger partial charge in [0.15, 0.2) is 11.6 Å². The lowest BCUT2D eigenvalue weighted by atomic mass is 9.79. The zero-order valence-corrected chi connectivity index (χ0v) is 24.3. The Kier molecular flexibility index (Phi) is 8.86. The van der Waals surface area contributed by atoms with Gasteiger partial charge in [-0.3, -0.25) is 0 Å². The van der Waals surface area contributed by atoms with Gasteiger partial charge in [-0.1, -0.05) is 25.5 Å². The fourth-order valence-corrected chi connectivity index (χ4v) is 7.07. The molecule has 0 N–H and O–H groups in total. The third-order valence-corrected chi connectivity index (χ3v) is 9.15. The third-order valence-electron chi connectivity index (χ3n) is 7.52. The lowest BCUT2D eigenvalue weighted by Crippen LogP contribution is -2.21. The number of benzene rings is 3. The predicted molar refractivity (Wildman–Crippen MR) is 154 cm³/mol. The van der Waals surface area contributed by atoms with E-state index < -0.39 is 23.7 Å². The van der Waals surface area contributed by atoms with Crippen molar-refractivity contribution in [1.82, 2.24) is 0 Å². The molecule has 41 heavy (non-hydrogen) atoms. The molecule has 3 aromatic carbocycles. The van der Waals surface area contributed by atoms with Gasteiger partial charge in [-0.05, 0) is 90.8 Å². The molecule has 0 aliphatic heterocycles. The van der Waals surface area contributed by atoms with Crippen LogP contribution in [0.25, 0.3) is 21.2 Å². The summed E-state index contributed by atoms with van der Waals surface area (Å²) in [7, 11) is 1.97. The molecular weight excluding hydrogens is 581 g/mol. The Morgan fingerprint density at radius 2 is 1.68 bits per heavy atom. The minimum Gasteiger partial charge on any atom is -0.493 e. The highest BCUT2D eigenvalue weighted by molar-refractivity contribution is 7.27. The van der Waals surface area contributed by atoms with E-state index in [1.807, 2.05) is 21.4 Å². The maximum Gasteiger partial charge on any atom is 0.573 e. The topological polar surface area (TPSA) is 18.5 Å². The van der Waals surface area contributed by atoms with Gasteiger partial charge in [0, 0.05) is 21.8 Å². The smallest absolute Gasteiger partial charge is 0.493 e. The molecular formula is C31H29F6O2PS. The van der Waals surface area contributed by atoms with Gasteiger partial charge in [0.05, 0.1) is 11.3 Å². The molecule has 1 fully saturated rings. The zero-order valence-electron chi connectivity index (χ0n) is 22.3. The number of hydrogen-bond donors (Lipinski definition) is 0. The van der Waals surface area contributed by atoms with Crippen LogP contribution in [0, 0.1) is 23.4 Å². The number of halogens is 6. The Balaban J connectivity index is 1.19. The molecule has 0 spiro atoms. The average molecular weight is 611 g/mol. The van der Waals surface area contributed by atoms with Gasteiger partial charge in [0.2, 0.25) is 0 Å². The fraction of sp³-hybridized carbons (Fsp3) is 0.355. The molecule has 1 heterocycles. The summed E-state index contributed by atoms with van der Waals surface area (Å²) in [5, 5.41) is 0.774. The van der Waals surface area contributed by atoms with Crippen LogP contribution in [0.2, 0.25) is 0 Å². The number of rotatable bonds is 8. The van der Waals surface area contributed by atoms with Gasteiger partial charge in [0.1, 0.15) is 17.4 Å². The predicted octanol–water partition coefficient (Wildman–Crippen LogP) is 9.69. The van der Waals surface area contributed by atoms with Gasteiger partial charge >= 0.3 is 6.36 Å². The van der Waals surface area contributed by atoms with Crippen LogP contribution in [0.5, 0.6) is 11.5 Å².